The third kappa shape index (κ3) is 7.30. The maximum atomic E-state index is 12.3. The van der Waals surface area contributed by atoms with E-state index in [-0.39, 0.29) is 6.42 Å². The first-order valence-corrected chi connectivity index (χ1v) is 10.5. The van der Waals surface area contributed by atoms with Crippen LogP contribution in [0.5, 0.6) is 0 Å². The first-order valence-electron chi connectivity index (χ1n) is 10.5. The van der Waals surface area contributed by atoms with Crippen molar-refractivity contribution in [2.45, 2.75) is 38.8 Å². The number of carbonyl (C=O) groups is 5. The van der Waals surface area contributed by atoms with Crippen LogP contribution in [-0.4, -0.2) is 53.3 Å². The number of hydrogen-bond acceptors (Lipinski definition) is 5. The van der Waals surface area contributed by atoms with Crippen molar-refractivity contribution < 1.29 is 29.1 Å². The first kappa shape index (κ1) is 25.3. The quantitative estimate of drug-likeness (QED) is 0.312. The molecule has 10 heteroatoms. The van der Waals surface area contributed by atoms with Crippen LogP contribution in [0.3, 0.4) is 0 Å². The fourth-order valence-corrected chi connectivity index (χ4v) is 3.29. The molecule has 33 heavy (non-hydrogen) atoms. The molecular weight excluding hydrogens is 428 g/mol. The Hall–Kier alpha value is -3.95. The number of nitrogens with two attached hydrogens (primary N) is 1. The Kier molecular flexibility index (Phi) is 8.90. The number of carbonyl (C=O) groups excluding carboxylic acids is 4. The lowest BCUT2D eigenvalue weighted by Gasteiger charge is -2.21. The molecule has 0 aliphatic heterocycles. The van der Waals surface area contributed by atoms with Crippen molar-refractivity contribution >= 4 is 40.4 Å². The van der Waals surface area contributed by atoms with Crippen LogP contribution in [0.1, 0.15) is 25.8 Å². The summed E-state index contributed by atoms with van der Waals surface area (Å²) in [6.45, 7) is 2.80. The molecule has 0 bridgehead atoms. The topological polar surface area (TPSA) is 168 Å². The standard InChI is InChI=1S/C23H28N4O6/c1-3-13(2)19(27-23(32)33)20(29)22(31)25-12-18(28)26-17(21(24)30)11-14-8-9-15-6-4-5-7-16(15)10-14/h4-10,13,17,19,27H,3,11-12H2,1-2H3,(H2,24,30)(H,25,31)(H,26,28)(H,32,33). The maximum absolute atomic E-state index is 12.3. The van der Waals surface area contributed by atoms with Crippen LogP contribution in [0.4, 0.5) is 4.79 Å². The van der Waals surface area contributed by atoms with Crippen molar-refractivity contribution in [2.75, 3.05) is 6.54 Å². The Morgan fingerprint density at radius 2 is 1.67 bits per heavy atom. The molecule has 2 aromatic rings. The van der Waals surface area contributed by atoms with Gasteiger partial charge in [0, 0.05) is 6.42 Å². The van der Waals surface area contributed by atoms with Gasteiger partial charge in [0.1, 0.15) is 12.1 Å². The van der Waals surface area contributed by atoms with Crippen LogP contribution in [0.15, 0.2) is 42.5 Å². The van der Waals surface area contributed by atoms with Gasteiger partial charge in [-0.15, -0.1) is 0 Å². The molecule has 0 heterocycles. The number of Topliss-reactive ketones (excluding diaryl/α,β-unsaturated/α-hetero) is 1. The highest BCUT2D eigenvalue weighted by molar-refractivity contribution is 6.38. The number of primary amides is 1. The molecule has 0 saturated heterocycles. The van der Waals surface area contributed by atoms with Crippen LogP contribution in [0.2, 0.25) is 0 Å². The summed E-state index contributed by atoms with van der Waals surface area (Å²) < 4.78 is 0. The molecule has 0 saturated carbocycles. The minimum Gasteiger partial charge on any atom is -0.465 e. The monoisotopic (exact) mass is 456 g/mol. The number of hydrogen-bond donors (Lipinski definition) is 5. The second kappa shape index (κ2) is 11.6. The largest absolute Gasteiger partial charge is 0.465 e. The highest BCUT2D eigenvalue weighted by Gasteiger charge is 2.31. The van der Waals surface area contributed by atoms with Gasteiger partial charge in [-0.1, -0.05) is 62.7 Å². The first-order chi connectivity index (χ1) is 15.6. The average Bonchev–Trinajstić information content (AvgIpc) is 2.79. The summed E-state index contributed by atoms with van der Waals surface area (Å²) in [6.07, 6.45) is -0.825. The van der Waals surface area contributed by atoms with Gasteiger partial charge in [-0.3, -0.25) is 19.2 Å². The molecule has 2 aromatic carbocycles. The summed E-state index contributed by atoms with van der Waals surface area (Å²) in [5.74, 6) is -3.99. The molecule has 3 unspecified atom stereocenters. The Morgan fingerprint density at radius 1 is 1.00 bits per heavy atom. The van der Waals surface area contributed by atoms with E-state index in [0.29, 0.717) is 6.42 Å². The third-order valence-electron chi connectivity index (χ3n) is 5.34. The molecule has 176 valence electrons. The minimum atomic E-state index is -1.43. The van der Waals surface area contributed by atoms with E-state index in [1.807, 2.05) is 47.8 Å². The van der Waals surface area contributed by atoms with Crippen molar-refractivity contribution in [1.29, 1.82) is 0 Å². The summed E-state index contributed by atoms with van der Waals surface area (Å²) in [5.41, 5.74) is 6.21. The van der Waals surface area contributed by atoms with Crippen LogP contribution in [0.25, 0.3) is 10.8 Å². The van der Waals surface area contributed by atoms with Crippen LogP contribution in [0, 0.1) is 5.92 Å². The lowest BCUT2D eigenvalue weighted by molar-refractivity contribution is -0.140. The van der Waals surface area contributed by atoms with E-state index in [1.54, 1.807) is 13.8 Å². The predicted octanol–water partition coefficient (Wildman–Crippen LogP) is 0.720. The molecule has 6 N–H and O–H groups in total. The fourth-order valence-electron chi connectivity index (χ4n) is 3.29. The molecule has 10 nitrogen and oxygen atoms in total. The number of nitrogens with one attached hydrogen (secondary N) is 3. The van der Waals surface area contributed by atoms with Gasteiger partial charge in [-0.2, -0.15) is 0 Å². The van der Waals surface area contributed by atoms with Crippen molar-refractivity contribution in [3.8, 4) is 0 Å². The molecular formula is C23H28N4O6. The SMILES string of the molecule is CCC(C)C(NC(=O)O)C(=O)C(=O)NCC(=O)NC(Cc1ccc2ccccc2c1)C(N)=O. The van der Waals surface area contributed by atoms with Gasteiger partial charge in [0.15, 0.2) is 0 Å². The number of rotatable bonds is 11. The highest BCUT2D eigenvalue weighted by Crippen LogP contribution is 2.16. The van der Waals surface area contributed by atoms with E-state index in [4.69, 9.17) is 10.8 Å². The molecule has 0 radical (unpaired) electrons. The normalized spacial score (nSPS) is 13.4. The van der Waals surface area contributed by atoms with Crippen molar-refractivity contribution in [1.82, 2.24) is 16.0 Å². The maximum Gasteiger partial charge on any atom is 0.405 e. The number of amides is 4. The molecule has 2 rings (SSSR count). The predicted molar refractivity (Wildman–Crippen MR) is 121 cm³/mol. The van der Waals surface area contributed by atoms with E-state index >= 15 is 0 Å². The summed E-state index contributed by atoms with van der Waals surface area (Å²) >= 11 is 0. The molecule has 0 aromatic heterocycles. The number of carboxylic acid groups (broad SMARTS) is 1. The number of benzene rings is 2. The van der Waals surface area contributed by atoms with E-state index in [1.165, 1.54) is 0 Å². The van der Waals surface area contributed by atoms with Crippen molar-refractivity contribution in [2.24, 2.45) is 11.7 Å². The van der Waals surface area contributed by atoms with E-state index in [2.05, 4.69) is 10.6 Å². The number of fused-ring (bicyclic) bond motifs is 1. The summed E-state index contributed by atoms with van der Waals surface area (Å²) in [7, 11) is 0. The molecule has 4 amide bonds. The second-order valence-electron chi connectivity index (χ2n) is 7.77. The Balaban J connectivity index is 1.97. The summed E-state index contributed by atoms with van der Waals surface area (Å²) in [4.78, 5) is 59.5. The number of ketones is 1. The lowest BCUT2D eigenvalue weighted by atomic mass is 9.95. The summed E-state index contributed by atoms with van der Waals surface area (Å²) in [5, 5.41) is 17.6. The summed E-state index contributed by atoms with van der Waals surface area (Å²) in [6, 6.07) is 11.0. The zero-order valence-corrected chi connectivity index (χ0v) is 18.5. The zero-order chi connectivity index (χ0) is 24.5. The lowest BCUT2D eigenvalue weighted by Crippen LogP contribution is -2.53. The van der Waals surface area contributed by atoms with Gasteiger partial charge in [0.05, 0.1) is 6.54 Å². The Labute approximate surface area is 190 Å². The molecule has 0 aliphatic carbocycles. The zero-order valence-electron chi connectivity index (χ0n) is 18.5. The smallest absolute Gasteiger partial charge is 0.405 e. The van der Waals surface area contributed by atoms with Crippen LogP contribution in [-0.2, 0) is 25.6 Å². The average molecular weight is 456 g/mol. The Bertz CT molecular complexity index is 1050. The van der Waals surface area contributed by atoms with E-state index < -0.39 is 54.1 Å². The fraction of sp³-hybridized carbons (Fsp3) is 0.348. The highest BCUT2D eigenvalue weighted by atomic mass is 16.4. The Morgan fingerprint density at radius 3 is 2.27 bits per heavy atom. The van der Waals surface area contributed by atoms with Gasteiger partial charge < -0.3 is 26.8 Å². The van der Waals surface area contributed by atoms with Crippen molar-refractivity contribution in [3.63, 3.8) is 0 Å². The van der Waals surface area contributed by atoms with Crippen LogP contribution >= 0.6 is 0 Å². The van der Waals surface area contributed by atoms with Gasteiger partial charge >= 0.3 is 6.09 Å². The van der Waals surface area contributed by atoms with E-state index in [0.717, 1.165) is 16.3 Å². The second-order valence-corrected chi connectivity index (χ2v) is 7.77. The van der Waals surface area contributed by atoms with Crippen molar-refractivity contribution in [3.05, 3.63) is 48.0 Å². The van der Waals surface area contributed by atoms with Gasteiger partial charge in [-0.25, -0.2) is 4.79 Å². The van der Waals surface area contributed by atoms with Crippen LogP contribution < -0.4 is 21.7 Å². The molecule has 0 fully saturated rings. The van der Waals surface area contributed by atoms with Gasteiger partial charge in [-0.05, 0) is 22.3 Å². The molecule has 0 spiro atoms. The minimum absolute atomic E-state index is 0.150. The van der Waals surface area contributed by atoms with Gasteiger partial charge in [0.2, 0.25) is 17.6 Å². The molecule has 0 aliphatic rings. The van der Waals surface area contributed by atoms with E-state index in [9.17, 15) is 24.0 Å². The van der Waals surface area contributed by atoms with Gasteiger partial charge in [0.25, 0.3) is 5.91 Å². The third-order valence-corrected chi connectivity index (χ3v) is 5.34. The molecule has 3 atom stereocenters.